The highest BCUT2D eigenvalue weighted by atomic mass is 15.1. The zero-order chi connectivity index (χ0) is 9.10. The summed E-state index contributed by atoms with van der Waals surface area (Å²) in [6.07, 6.45) is 7.39. The molecule has 2 fully saturated rings. The van der Waals surface area contributed by atoms with Crippen molar-refractivity contribution in [2.75, 3.05) is 26.7 Å². The summed E-state index contributed by atoms with van der Waals surface area (Å²) in [5.41, 5.74) is 0. The second-order valence-electron chi connectivity index (χ2n) is 4.98. The van der Waals surface area contributed by atoms with Crippen LogP contribution in [-0.4, -0.2) is 32.7 Å². The summed E-state index contributed by atoms with van der Waals surface area (Å²) in [5.74, 6) is 1.05. The van der Waals surface area contributed by atoms with Crippen LogP contribution in [0.5, 0.6) is 0 Å². The van der Waals surface area contributed by atoms with Gasteiger partial charge in [0.25, 0.3) is 0 Å². The van der Waals surface area contributed by atoms with Gasteiger partial charge in [-0.25, -0.2) is 0 Å². The van der Waals surface area contributed by atoms with Crippen molar-refractivity contribution in [2.45, 2.75) is 38.1 Å². The number of nitrogens with one attached hydrogen (secondary N) is 1. The van der Waals surface area contributed by atoms with Crippen LogP contribution >= 0.6 is 0 Å². The minimum absolute atomic E-state index is 0.988. The molecule has 2 heteroatoms. The molecule has 2 rings (SSSR count). The third-order valence-corrected chi connectivity index (χ3v) is 3.95. The Hall–Kier alpha value is -0.0800. The molecule has 0 unspecified atom stereocenters. The van der Waals surface area contributed by atoms with Gasteiger partial charge in [0.15, 0.2) is 0 Å². The van der Waals surface area contributed by atoms with Gasteiger partial charge < -0.3 is 10.2 Å². The van der Waals surface area contributed by atoms with Crippen molar-refractivity contribution in [2.24, 2.45) is 5.92 Å². The van der Waals surface area contributed by atoms with Crippen LogP contribution in [0.25, 0.3) is 0 Å². The van der Waals surface area contributed by atoms with E-state index in [9.17, 15) is 0 Å². The van der Waals surface area contributed by atoms with Crippen LogP contribution in [0.15, 0.2) is 0 Å². The quantitative estimate of drug-likeness (QED) is 0.523. The Labute approximate surface area is 81.7 Å². The number of quaternary nitrogens is 2. The van der Waals surface area contributed by atoms with E-state index >= 15 is 0 Å². The zero-order valence-electron chi connectivity index (χ0n) is 8.89. The van der Waals surface area contributed by atoms with Gasteiger partial charge in [-0.15, -0.1) is 0 Å². The number of rotatable bonds is 1. The Morgan fingerprint density at radius 1 is 1.08 bits per heavy atom. The SMILES string of the molecule is C[NH+]1CCC([C@@H]2CCCC[NH2+]2)CC1. The maximum atomic E-state index is 2.62. The number of likely N-dealkylation sites (tertiary alicyclic amines) is 1. The van der Waals surface area contributed by atoms with Gasteiger partial charge in [-0.2, -0.15) is 0 Å². The van der Waals surface area contributed by atoms with E-state index in [0.717, 1.165) is 12.0 Å². The summed E-state index contributed by atoms with van der Waals surface area (Å²) >= 11 is 0. The third-order valence-electron chi connectivity index (χ3n) is 3.95. The van der Waals surface area contributed by atoms with Crippen molar-refractivity contribution in [3.63, 3.8) is 0 Å². The number of nitrogens with two attached hydrogens (primary N) is 1. The standard InChI is InChI=1S/C11H22N2/c1-13-8-5-10(6-9-13)11-4-2-3-7-12-11/h10-12H,2-9H2,1H3/p+2/t11-/m0/s1. The Morgan fingerprint density at radius 3 is 2.46 bits per heavy atom. The number of hydrogen-bond acceptors (Lipinski definition) is 0. The van der Waals surface area contributed by atoms with E-state index in [1.165, 1.54) is 51.7 Å². The lowest BCUT2D eigenvalue weighted by molar-refractivity contribution is -0.887. The van der Waals surface area contributed by atoms with E-state index in [2.05, 4.69) is 12.4 Å². The van der Waals surface area contributed by atoms with Crippen LogP contribution in [0, 0.1) is 5.92 Å². The highest BCUT2D eigenvalue weighted by molar-refractivity contribution is 4.72. The van der Waals surface area contributed by atoms with E-state index in [1.807, 2.05) is 0 Å². The fraction of sp³-hybridized carbons (Fsp3) is 1.00. The predicted molar refractivity (Wildman–Crippen MR) is 53.8 cm³/mol. The van der Waals surface area contributed by atoms with Gasteiger partial charge in [0.2, 0.25) is 0 Å². The Balaban J connectivity index is 1.79. The van der Waals surface area contributed by atoms with Crippen LogP contribution in [0.2, 0.25) is 0 Å². The Bertz CT molecular complexity index is 144. The second-order valence-corrected chi connectivity index (χ2v) is 4.98. The van der Waals surface area contributed by atoms with Gasteiger partial charge in [-0.1, -0.05) is 0 Å². The first-order valence-corrected chi connectivity index (χ1v) is 6.01. The number of piperidine rings is 2. The fourth-order valence-electron chi connectivity index (χ4n) is 2.96. The topological polar surface area (TPSA) is 21.1 Å². The molecule has 0 amide bonds. The molecule has 2 aliphatic heterocycles. The molecular formula is C11H24N2+2. The molecule has 0 aromatic carbocycles. The van der Waals surface area contributed by atoms with E-state index < -0.39 is 0 Å². The molecule has 0 spiro atoms. The van der Waals surface area contributed by atoms with Gasteiger partial charge >= 0.3 is 0 Å². The maximum Gasteiger partial charge on any atom is 0.0892 e. The van der Waals surface area contributed by atoms with Gasteiger partial charge in [-0.3, -0.25) is 0 Å². The van der Waals surface area contributed by atoms with Crippen molar-refractivity contribution in [3.8, 4) is 0 Å². The molecule has 0 saturated carbocycles. The van der Waals surface area contributed by atoms with E-state index in [-0.39, 0.29) is 0 Å². The van der Waals surface area contributed by atoms with Crippen molar-refractivity contribution < 1.29 is 10.2 Å². The molecule has 3 N–H and O–H groups in total. The molecule has 0 aromatic heterocycles. The zero-order valence-corrected chi connectivity index (χ0v) is 8.89. The van der Waals surface area contributed by atoms with Gasteiger partial charge in [0, 0.05) is 18.8 Å². The van der Waals surface area contributed by atoms with E-state index in [0.29, 0.717) is 0 Å². The summed E-state index contributed by atoms with van der Waals surface area (Å²) in [4.78, 5) is 1.74. The minimum Gasteiger partial charge on any atom is -0.344 e. The van der Waals surface area contributed by atoms with E-state index in [4.69, 9.17) is 0 Å². The monoisotopic (exact) mass is 184 g/mol. The molecule has 0 aromatic rings. The Morgan fingerprint density at radius 2 is 1.85 bits per heavy atom. The molecule has 1 atom stereocenters. The molecule has 2 nitrogen and oxygen atoms in total. The minimum atomic E-state index is 0.988. The highest BCUT2D eigenvalue weighted by Crippen LogP contribution is 2.17. The van der Waals surface area contributed by atoms with E-state index in [1.54, 1.807) is 4.90 Å². The Kier molecular flexibility index (Phi) is 3.23. The summed E-state index contributed by atoms with van der Waals surface area (Å²) in [5, 5.41) is 2.62. The molecular weight excluding hydrogens is 160 g/mol. The first-order chi connectivity index (χ1) is 6.36. The summed E-state index contributed by atoms with van der Waals surface area (Å²) in [6.45, 7) is 4.22. The molecule has 0 radical (unpaired) electrons. The van der Waals surface area contributed by atoms with Crippen molar-refractivity contribution in [1.82, 2.24) is 0 Å². The first-order valence-electron chi connectivity index (χ1n) is 6.01. The highest BCUT2D eigenvalue weighted by Gasteiger charge is 2.30. The van der Waals surface area contributed by atoms with Gasteiger partial charge in [-0.05, 0) is 19.3 Å². The van der Waals surface area contributed by atoms with Crippen LogP contribution < -0.4 is 10.2 Å². The summed E-state index contributed by atoms with van der Waals surface area (Å²) in [7, 11) is 2.33. The lowest BCUT2D eigenvalue weighted by Crippen LogP contribution is -3.10. The average molecular weight is 184 g/mol. The molecule has 0 aliphatic carbocycles. The van der Waals surface area contributed by atoms with Gasteiger partial charge in [0.1, 0.15) is 0 Å². The fourth-order valence-corrected chi connectivity index (χ4v) is 2.96. The maximum absolute atomic E-state index is 2.62. The van der Waals surface area contributed by atoms with Crippen molar-refractivity contribution >= 4 is 0 Å². The molecule has 76 valence electrons. The first kappa shape index (κ1) is 9.47. The van der Waals surface area contributed by atoms with Crippen LogP contribution in [0.3, 0.4) is 0 Å². The average Bonchev–Trinajstić information content (AvgIpc) is 2.20. The van der Waals surface area contributed by atoms with Crippen molar-refractivity contribution in [3.05, 3.63) is 0 Å². The second kappa shape index (κ2) is 4.43. The smallest absolute Gasteiger partial charge is 0.0892 e. The van der Waals surface area contributed by atoms with Crippen molar-refractivity contribution in [1.29, 1.82) is 0 Å². The van der Waals surface area contributed by atoms with Crippen LogP contribution in [0.1, 0.15) is 32.1 Å². The lowest BCUT2D eigenvalue weighted by Gasteiger charge is -2.32. The number of hydrogen-bond donors (Lipinski definition) is 2. The molecule has 2 heterocycles. The molecule has 0 bridgehead atoms. The molecule has 13 heavy (non-hydrogen) atoms. The van der Waals surface area contributed by atoms with Crippen LogP contribution in [0.4, 0.5) is 0 Å². The lowest BCUT2D eigenvalue weighted by atomic mass is 9.85. The largest absolute Gasteiger partial charge is 0.344 e. The van der Waals surface area contributed by atoms with Crippen LogP contribution in [-0.2, 0) is 0 Å². The molecule has 2 saturated heterocycles. The van der Waals surface area contributed by atoms with Gasteiger partial charge in [0.05, 0.1) is 32.7 Å². The predicted octanol–water partition coefficient (Wildman–Crippen LogP) is -0.973. The molecule has 2 aliphatic rings. The third kappa shape index (κ3) is 2.44. The summed E-state index contributed by atoms with van der Waals surface area (Å²) in [6, 6.07) is 0.988. The normalized spacial score (nSPS) is 41.8. The summed E-state index contributed by atoms with van der Waals surface area (Å²) < 4.78 is 0.